The molecule has 5 heteroatoms. The van der Waals surface area contributed by atoms with Crippen LogP contribution >= 0.6 is 0 Å². The number of carbonyl (C=O) groups excluding carboxylic acids is 2. The number of hydrogen-bond donors (Lipinski definition) is 3. The minimum Gasteiger partial charge on any atom is -0.352 e. The first kappa shape index (κ1) is 14.5. The van der Waals surface area contributed by atoms with E-state index in [1.54, 1.807) is 12.2 Å². The molecule has 2 aliphatic heterocycles. The van der Waals surface area contributed by atoms with Gasteiger partial charge in [0.05, 0.1) is 6.04 Å². The van der Waals surface area contributed by atoms with E-state index in [9.17, 15) is 9.59 Å². The second-order valence-corrected chi connectivity index (χ2v) is 5.14. The van der Waals surface area contributed by atoms with E-state index in [-0.39, 0.29) is 17.9 Å². The molecule has 0 aromatic rings. The van der Waals surface area contributed by atoms with Crippen molar-refractivity contribution in [3.05, 3.63) is 35.6 Å². The molecular formula is C15H21N3O2. The van der Waals surface area contributed by atoms with Crippen molar-refractivity contribution in [1.29, 1.82) is 0 Å². The molecule has 2 aliphatic rings. The quantitative estimate of drug-likeness (QED) is 0.663. The summed E-state index contributed by atoms with van der Waals surface area (Å²) >= 11 is 0. The lowest BCUT2D eigenvalue weighted by Gasteiger charge is -2.17. The highest BCUT2D eigenvalue weighted by molar-refractivity contribution is 5.98. The molecule has 108 valence electrons. The van der Waals surface area contributed by atoms with Crippen molar-refractivity contribution in [2.24, 2.45) is 0 Å². The average Bonchev–Trinajstić information content (AvgIpc) is 2.95. The van der Waals surface area contributed by atoms with Crippen molar-refractivity contribution in [3.63, 3.8) is 0 Å². The van der Waals surface area contributed by atoms with Crippen molar-refractivity contribution >= 4 is 11.8 Å². The van der Waals surface area contributed by atoms with E-state index in [0.717, 1.165) is 31.4 Å². The number of carbonyl (C=O) groups is 2. The molecule has 1 atom stereocenters. The smallest absolute Gasteiger partial charge is 0.251 e. The first-order chi connectivity index (χ1) is 9.61. The number of rotatable bonds is 4. The Kier molecular flexibility index (Phi) is 4.74. The van der Waals surface area contributed by atoms with Crippen molar-refractivity contribution in [3.8, 4) is 0 Å². The Morgan fingerprint density at radius 2 is 2.25 bits per heavy atom. The van der Waals surface area contributed by atoms with E-state index in [1.807, 2.05) is 6.92 Å². The van der Waals surface area contributed by atoms with Crippen LogP contribution in [0.4, 0.5) is 0 Å². The normalized spacial score (nSPS) is 23.6. The molecule has 0 unspecified atom stereocenters. The van der Waals surface area contributed by atoms with Gasteiger partial charge in [0.2, 0.25) is 5.91 Å². The fourth-order valence-corrected chi connectivity index (χ4v) is 2.42. The van der Waals surface area contributed by atoms with Crippen LogP contribution in [0.5, 0.6) is 0 Å². The summed E-state index contributed by atoms with van der Waals surface area (Å²) < 4.78 is 0. The van der Waals surface area contributed by atoms with Gasteiger partial charge in [-0.25, -0.2) is 0 Å². The van der Waals surface area contributed by atoms with E-state index in [1.165, 1.54) is 0 Å². The SMILES string of the molecule is C=C/C(=C\C1=C(C)CCNC1=O)NC(=O)[C@H]1CCCN1. The monoisotopic (exact) mass is 275 g/mol. The summed E-state index contributed by atoms with van der Waals surface area (Å²) in [6.45, 7) is 7.18. The van der Waals surface area contributed by atoms with Crippen LogP contribution < -0.4 is 16.0 Å². The lowest BCUT2D eigenvalue weighted by molar-refractivity contribution is -0.122. The zero-order valence-corrected chi connectivity index (χ0v) is 11.8. The van der Waals surface area contributed by atoms with Gasteiger partial charge in [-0.15, -0.1) is 0 Å². The molecule has 0 aromatic heterocycles. The van der Waals surface area contributed by atoms with Crippen molar-refractivity contribution in [2.75, 3.05) is 13.1 Å². The second-order valence-electron chi connectivity index (χ2n) is 5.14. The molecule has 3 N–H and O–H groups in total. The van der Waals surface area contributed by atoms with Crippen molar-refractivity contribution < 1.29 is 9.59 Å². The van der Waals surface area contributed by atoms with Gasteiger partial charge in [-0.2, -0.15) is 0 Å². The maximum Gasteiger partial charge on any atom is 0.251 e. The summed E-state index contributed by atoms with van der Waals surface area (Å²) in [5, 5.41) is 8.77. The summed E-state index contributed by atoms with van der Waals surface area (Å²) in [5.74, 6) is -0.163. The fraction of sp³-hybridized carbons (Fsp3) is 0.467. The maximum absolute atomic E-state index is 12.0. The number of amides is 2. The molecule has 0 aliphatic carbocycles. The first-order valence-electron chi connectivity index (χ1n) is 6.98. The molecule has 0 spiro atoms. The predicted octanol–water partition coefficient (Wildman–Crippen LogP) is 0.761. The zero-order chi connectivity index (χ0) is 14.5. The molecule has 0 radical (unpaired) electrons. The Hall–Kier alpha value is -1.88. The summed E-state index contributed by atoms with van der Waals surface area (Å²) in [7, 11) is 0. The highest BCUT2D eigenvalue weighted by Gasteiger charge is 2.22. The summed E-state index contributed by atoms with van der Waals surface area (Å²) in [5.41, 5.74) is 2.21. The predicted molar refractivity (Wildman–Crippen MR) is 77.8 cm³/mol. The van der Waals surface area contributed by atoms with Crippen LogP contribution in [0.15, 0.2) is 35.6 Å². The Labute approximate surface area is 119 Å². The van der Waals surface area contributed by atoms with Gasteiger partial charge in [0.15, 0.2) is 0 Å². The van der Waals surface area contributed by atoms with E-state index >= 15 is 0 Å². The molecule has 0 bridgehead atoms. The molecule has 1 saturated heterocycles. The zero-order valence-electron chi connectivity index (χ0n) is 11.8. The third-order valence-electron chi connectivity index (χ3n) is 3.65. The van der Waals surface area contributed by atoms with E-state index in [2.05, 4.69) is 22.5 Å². The summed E-state index contributed by atoms with van der Waals surface area (Å²) in [6.07, 6.45) is 5.95. The highest BCUT2D eigenvalue weighted by atomic mass is 16.2. The number of allylic oxidation sites excluding steroid dienone is 1. The molecule has 0 saturated carbocycles. The molecule has 1 fully saturated rings. The van der Waals surface area contributed by atoms with Gasteiger partial charge in [-0.3, -0.25) is 9.59 Å². The molecule has 2 rings (SSSR count). The van der Waals surface area contributed by atoms with Gasteiger partial charge in [-0.1, -0.05) is 12.2 Å². The Bertz CT molecular complexity index is 485. The molecule has 20 heavy (non-hydrogen) atoms. The van der Waals surface area contributed by atoms with Crippen LogP contribution in [0.2, 0.25) is 0 Å². The second kappa shape index (κ2) is 6.52. The Balaban J connectivity index is 2.10. The number of hydrogen-bond acceptors (Lipinski definition) is 3. The van der Waals surface area contributed by atoms with Gasteiger partial charge in [0.1, 0.15) is 0 Å². The standard InChI is InChI=1S/C15H21N3O2/c1-3-11(18-15(20)13-5-4-7-16-13)9-12-10(2)6-8-17-14(12)19/h3,9,13,16H,1,4-8H2,2H3,(H,17,19)(H,18,20)/b11-9+/t13-/m1/s1. The van der Waals surface area contributed by atoms with Crippen LogP contribution in [0, 0.1) is 0 Å². The van der Waals surface area contributed by atoms with Gasteiger partial charge < -0.3 is 16.0 Å². The molecule has 5 nitrogen and oxygen atoms in total. The van der Waals surface area contributed by atoms with Crippen LogP contribution in [-0.4, -0.2) is 30.9 Å². The fourth-order valence-electron chi connectivity index (χ4n) is 2.42. The van der Waals surface area contributed by atoms with E-state index in [4.69, 9.17) is 0 Å². The van der Waals surface area contributed by atoms with Crippen molar-refractivity contribution in [1.82, 2.24) is 16.0 Å². The van der Waals surface area contributed by atoms with Gasteiger partial charge in [0, 0.05) is 17.8 Å². The lowest BCUT2D eigenvalue weighted by Crippen LogP contribution is -2.40. The van der Waals surface area contributed by atoms with E-state index in [0.29, 0.717) is 17.8 Å². The largest absolute Gasteiger partial charge is 0.352 e. The van der Waals surface area contributed by atoms with Crippen LogP contribution in [0.25, 0.3) is 0 Å². The Morgan fingerprint density at radius 3 is 2.85 bits per heavy atom. The third-order valence-corrected chi connectivity index (χ3v) is 3.65. The lowest BCUT2D eigenvalue weighted by atomic mass is 10.0. The van der Waals surface area contributed by atoms with Crippen LogP contribution in [0.1, 0.15) is 26.2 Å². The topological polar surface area (TPSA) is 70.2 Å². The number of nitrogens with one attached hydrogen (secondary N) is 3. The average molecular weight is 275 g/mol. The minimum atomic E-state index is -0.145. The van der Waals surface area contributed by atoms with Gasteiger partial charge in [0.25, 0.3) is 5.91 Å². The third kappa shape index (κ3) is 3.36. The maximum atomic E-state index is 12.0. The van der Waals surface area contributed by atoms with Gasteiger partial charge in [-0.05, 0) is 44.9 Å². The van der Waals surface area contributed by atoms with E-state index < -0.39 is 0 Å². The molecule has 2 amide bonds. The summed E-state index contributed by atoms with van der Waals surface area (Å²) in [4.78, 5) is 23.9. The van der Waals surface area contributed by atoms with Crippen LogP contribution in [0.3, 0.4) is 0 Å². The van der Waals surface area contributed by atoms with Crippen LogP contribution in [-0.2, 0) is 9.59 Å². The minimum absolute atomic E-state index is 0.0666. The molecular weight excluding hydrogens is 254 g/mol. The molecule has 2 heterocycles. The Morgan fingerprint density at radius 1 is 1.45 bits per heavy atom. The van der Waals surface area contributed by atoms with Crippen molar-refractivity contribution in [2.45, 2.75) is 32.2 Å². The molecule has 0 aromatic carbocycles. The van der Waals surface area contributed by atoms with Gasteiger partial charge >= 0.3 is 0 Å². The highest BCUT2D eigenvalue weighted by Crippen LogP contribution is 2.16. The first-order valence-corrected chi connectivity index (χ1v) is 6.98. The summed E-state index contributed by atoms with van der Waals surface area (Å²) in [6, 6.07) is -0.145.